The molecule has 0 radical (unpaired) electrons. The van der Waals surface area contributed by atoms with E-state index in [2.05, 4.69) is 48.3 Å². The van der Waals surface area contributed by atoms with Gasteiger partial charge in [0.1, 0.15) is 6.61 Å². The van der Waals surface area contributed by atoms with Gasteiger partial charge in [0.2, 0.25) is 0 Å². The average Bonchev–Trinajstić information content (AvgIpc) is 3.00. The van der Waals surface area contributed by atoms with Crippen molar-refractivity contribution in [2.45, 2.75) is 38.0 Å². The lowest BCUT2D eigenvalue weighted by Gasteiger charge is -2.14. The molecule has 0 heterocycles. The van der Waals surface area contributed by atoms with Crippen LogP contribution in [0.2, 0.25) is 0 Å². The topological polar surface area (TPSA) is 38.3 Å². The highest BCUT2D eigenvalue weighted by atomic mass is 16.5. The van der Waals surface area contributed by atoms with E-state index in [1.54, 1.807) is 0 Å². The van der Waals surface area contributed by atoms with Crippen molar-refractivity contribution in [3.05, 3.63) is 72.3 Å². The first-order valence-corrected chi connectivity index (χ1v) is 9.51. The molecule has 0 aliphatic heterocycles. The fraction of sp³-hybridized carbons (Fsp3) is 0.348. The van der Waals surface area contributed by atoms with Gasteiger partial charge in [-0.25, -0.2) is 4.79 Å². The lowest BCUT2D eigenvalue weighted by Crippen LogP contribution is -2.27. The monoisotopic (exact) mass is 349 g/mol. The third-order valence-electron chi connectivity index (χ3n) is 4.95. The van der Waals surface area contributed by atoms with Crippen molar-refractivity contribution in [3.63, 3.8) is 0 Å². The number of hydrogen-bond donors (Lipinski definition) is 1. The number of carbonyl (C=O) groups is 1. The number of benzene rings is 2. The van der Waals surface area contributed by atoms with Gasteiger partial charge in [0.25, 0.3) is 0 Å². The molecular weight excluding hydrogens is 322 g/mol. The van der Waals surface area contributed by atoms with Gasteiger partial charge < -0.3 is 10.1 Å². The van der Waals surface area contributed by atoms with E-state index in [0.717, 1.165) is 19.3 Å². The number of fused-ring (bicyclic) bond motifs is 3. The molecule has 0 bridgehead atoms. The third-order valence-corrected chi connectivity index (χ3v) is 4.95. The van der Waals surface area contributed by atoms with E-state index in [-0.39, 0.29) is 12.0 Å². The number of unbranched alkanes of at least 4 members (excludes halogenated alkanes) is 4. The third kappa shape index (κ3) is 4.34. The normalized spacial score (nSPS) is 12.3. The Hall–Kier alpha value is -2.55. The molecule has 2 aromatic carbocycles. The molecule has 3 nitrogen and oxygen atoms in total. The van der Waals surface area contributed by atoms with Gasteiger partial charge in [0.05, 0.1) is 0 Å². The summed E-state index contributed by atoms with van der Waals surface area (Å²) in [5.74, 6) is 0.118. The molecule has 0 fully saturated rings. The number of hydrogen-bond acceptors (Lipinski definition) is 2. The van der Waals surface area contributed by atoms with Crippen molar-refractivity contribution in [1.29, 1.82) is 0 Å². The van der Waals surface area contributed by atoms with Crippen LogP contribution in [0.1, 0.15) is 49.1 Å². The Morgan fingerprint density at radius 3 is 2.23 bits per heavy atom. The SMILES string of the molecule is C=CCCCCCCNC(=O)OCC1c2ccccc2-c2ccccc21. The second-order valence-corrected chi connectivity index (χ2v) is 6.74. The first kappa shape index (κ1) is 18.2. The maximum Gasteiger partial charge on any atom is 0.407 e. The molecule has 1 aliphatic rings. The lowest BCUT2D eigenvalue weighted by atomic mass is 9.98. The van der Waals surface area contributed by atoms with Crippen molar-refractivity contribution < 1.29 is 9.53 Å². The minimum Gasteiger partial charge on any atom is -0.449 e. The lowest BCUT2D eigenvalue weighted by molar-refractivity contribution is 0.143. The van der Waals surface area contributed by atoms with Gasteiger partial charge >= 0.3 is 6.09 Å². The van der Waals surface area contributed by atoms with Crippen molar-refractivity contribution in [1.82, 2.24) is 5.32 Å². The van der Waals surface area contributed by atoms with Gasteiger partial charge in [-0.05, 0) is 41.5 Å². The fourth-order valence-corrected chi connectivity index (χ4v) is 3.61. The Morgan fingerprint density at radius 1 is 0.962 bits per heavy atom. The smallest absolute Gasteiger partial charge is 0.407 e. The molecule has 1 aliphatic carbocycles. The highest BCUT2D eigenvalue weighted by molar-refractivity contribution is 5.79. The maximum atomic E-state index is 12.0. The Balaban J connectivity index is 1.47. The summed E-state index contributed by atoms with van der Waals surface area (Å²) in [6.07, 6.45) is 7.17. The molecule has 0 unspecified atom stereocenters. The second-order valence-electron chi connectivity index (χ2n) is 6.74. The molecule has 3 rings (SSSR count). The summed E-state index contributed by atoms with van der Waals surface area (Å²) in [5, 5.41) is 2.86. The largest absolute Gasteiger partial charge is 0.449 e. The van der Waals surface area contributed by atoms with Crippen molar-refractivity contribution in [2.75, 3.05) is 13.2 Å². The average molecular weight is 349 g/mol. The molecule has 0 saturated heterocycles. The number of amides is 1. The van der Waals surface area contributed by atoms with Crippen molar-refractivity contribution in [3.8, 4) is 11.1 Å². The van der Waals surface area contributed by atoms with E-state index in [1.807, 2.05) is 18.2 Å². The number of carbonyl (C=O) groups excluding carboxylic acids is 1. The van der Waals surface area contributed by atoms with Crippen molar-refractivity contribution in [2.24, 2.45) is 0 Å². The molecule has 1 N–H and O–H groups in total. The highest BCUT2D eigenvalue weighted by Gasteiger charge is 2.28. The summed E-state index contributed by atoms with van der Waals surface area (Å²) in [5.41, 5.74) is 4.97. The van der Waals surface area contributed by atoms with E-state index in [4.69, 9.17) is 4.74 Å². The molecule has 1 amide bonds. The maximum absolute atomic E-state index is 12.0. The van der Waals surface area contributed by atoms with Crippen LogP contribution in [-0.4, -0.2) is 19.2 Å². The van der Waals surface area contributed by atoms with Gasteiger partial charge in [-0.3, -0.25) is 0 Å². The van der Waals surface area contributed by atoms with Crippen LogP contribution in [0, 0.1) is 0 Å². The first-order chi connectivity index (χ1) is 12.8. The summed E-state index contributed by atoms with van der Waals surface area (Å²) in [6.45, 7) is 4.77. The zero-order valence-corrected chi connectivity index (χ0v) is 15.2. The number of alkyl carbamates (subject to hydrolysis) is 1. The first-order valence-electron chi connectivity index (χ1n) is 9.51. The predicted molar refractivity (Wildman–Crippen MR) is 106 cm³/mol. The molecule has 0 spiro atoms. The quantitative estimate of drug-likeness (QED) is 0.468. The standard InChI is InChI=1S/C23H27NO2/c1-2-3-4-5-6-11-16-24-23(25)26-17-22-20-14-9-7-12-18(20)19-13-8-10-15-21(19)22/h2,7-10,12-15,22H,1,3-6,11,16-17H2,(H,24,25). The molecular formula is C23H27NO2. The van der Waals surface area contributed by atoms with Crippen LogP contribution in [0.4, 0.5) is 4.79 Å². The Kier molecular flexibility index (Phi) is 6.48. The second kappa shape index (κ2) is 9.23. The van der Waals surface area contributed by atoms with Crippen LogP contribution in [0.25, 0.3) is 11.1 Å². The van der Waals surface area contributed by atoms with Crippen LogP contribution in [-0.2, 0) is 4.74 Å². The summed E-state index contributed by atoms with van der Waals surface area (Å²) in [4.78, 5) is 12.0. The van der Waals surface area contributed by atoms with E-state index in [1.165, 1.54) is 35.1 Å². The van der Waals surface area contributed by atoms with E-state index in [9.17, 15) is 4.79 Å². The number of ether oxygens (including phenoxy) is 1. The van der Waals surface area contributed by atoms with Crippen molar-refractivity contribution >= 4 is 6.09 Å². The van der Waals surface area contributed by atoms with Gasteiger partial charge in [0, 0.05) is 12.5 Å². The van der Waals surface area contributed by atoms with Crippen LogP contribution in [0.5, 0.6) is 0 Å². The van der Waals surface area contributed by atoms with Crippen LogP contribution in [0.15, 0.2) is 61.2 Å². The minimum absolute atomic E-state index is 0.118. The molecule has 136 valence electrons. The van der Waals surface area contributed by atoms with E-state index in [0.29, 0.717) is 13.2 Å². The van der Waals surface area contributed by atoms with Gasteiger partial charge in [-0.15, -0.1) is 6.58 Å². The van der Waals surface area contributed by atoms with Crippen LogP contribution in [0.3, 0.4) is 0 Å². The number of rotatable bonds is 9. The molecule has 0 atom stereocenters. The Morgan fingerprint density at radius 2 is 1.58 bits per heavy atom. The van der Waals surface area contributed by atoms with E-state index >= 15 is 0 Å². The molecule has 26 heavy (non-hydrogen) atoms. The molecule has 0 aromatic heterocycles. The number of nitrogens with one attached hydrogen (secondary N) is 1. The summed E-state index contributed by atoms with van der Waals surface area (Å²) in [6, 6.07) is 16.7. The summed E-state index contributed by atoms with van der Waals surface area (Å²) in [7, 11) is 0. The Labute approximate surface area is 156 Å². The van der Waals surface area contributed by atoms with Gasteiger partial charge in [-0.1, -0.05) is 67.4 Å². The minimum atomic E-state index is -0.321. The van der Waals surface area contributed by atoms with Gasteiger partial charge in [0.15, 0.2) is 0 Å². The summed E-state index contributed by atoms with van der Waals surface area (Å²) >= 11 is 0. The van der Waals surface area contributed by atoms with E-state index < -0.39 is 0 Å². The predicted octanol–water partition coefficient (Wildman–Crippen LogP) is 5.66. The summed E-state index contributed by atoms with van der Waals surface area (Å²) < 4.78 is 5.52. The zero-order chi connectivity index (χ0) is 18.2. The van der Waals surface area contributed by atoms with Crippen LogP contribution < -0.4 is 5.32 Å². The fourth-order valence-electron chi connectivity index (χ4n) is 3.61. The van der Waals surface area contributed by atoms with Gasteiger partial charge in [-0.2, -0.15) is 0 Å². The molecule has 3 heteroatoms. The van der Waals surface area contributed by atoms with Crippen LogP contribution >= 0.6 is 0 Å². The zero-order valence-electron chi connectivity index (χ0n) is 15.2. The Bertz CT molecular complexity index is 708. The number of allylic oxidation sites excluding steroid dienone is 1. The highest BCUT2D eigenvalue weighted by Crippen LogP contribution is 2.44. The molecule has 0 saturated carbocycles. The molecule has 2 aromatic rings.